The fourth-order valence-corrected chi connectivity index (χ4v) is 3.01. The summed E-state index contributed by atoms with van der Waals surface area (Å²) in [5.74, 6) is 0.686. The molecule has 3 rings (SSSR count). The maximum atomic E-state index is 12.8. The molecular formula is C21H25NO3. The van der Waals surface area contributed by atoms with E-state index in [-0.39, 0.29) is 24.2 Å². The molecule has 1 atom stereocenters. The van der Waals surface area contributed by atoms with Crippen molar-refractivity contribution in [2.45, 2.75) is 32.4 Å². The van der Waals surface area contributed by atoms with Crippen LogP contribution in [0.1, 0.15) is 31.1 Å². The van der Waals surface area contributed by atoms with Crippen LogP contribution in [-0.2, 0) is 9.53 Å². The van der Waals surface area contributed by atoms with Gasteiger partial charge in [0.2, 0.25) is 0 Å². The summed E-state index contributed by atoms with van der Waals surface area (Å²) in [6.07, 6.45) is -0.102. The minimum atomic E-state index is -0.349. The van der Waals surface area contributed by atoms with Crippen molar-refractivity contribution in [3.8, 4) is 5.75 Å². The number of carbonyl (C=O) groups is 1. The van der Waals surface area contributed by atoms with Crippen molar-refractivity contribution in [1.82, 2.24) is 4.90 Å². The summed E-state index contributed by atoms with van der Waals surface area (Å²) in [4.78, 5) is 14.6. The van der Waals surface area contributed by atoms with Gasteiger partial charge in [0, 0.05) is 0 Å². The highest BCUT2D eigenvalue weighted by Gasteiger charge is 2.38. The van der Waals surface area contributed by atoms with Crippen LogP contribution in [0.25, 0.3) is 0 Å². The maximum absolute atomic E-state index is 12.8. The van der Waals surface area contributed by atoms with E-state index in [1.165, 1.54) is 5.56 Å². The highest BCUT2D eigenvalue weighted by molar-refractivity contribution is 5.78. The van der Waals surface area contributed by atoms with E-state index in [0.29, 0.717) is 18.9 Å². The Kier molecular flexibility index (Phi) is 5.09. The van der Waals surface area contributed by atoms with Gasteiger partial charge < -0.3 is 14.4 Å². The van der Waals surface area contributed by atoms with Gasteiger partial charge in [-0.05, 0) is 38.5 Å². The van der Waals surface area contributed by atoms with E-state index in [1.807, 2.05) is 49.1 Å². The SMILES string of the molecule is Cc1ccc(C2CN(C(=O)COc3ccccc3)C(C)(C)CO2)cc1. The molecule has 1 unspecified atom stereocenters. The third-order valence-corrected chi connectivity index (χ3v) is 4.57. The van der Waals surface area contributed by atoms with Crippen LogP contribution in [0.15, 0.2) is 54.6 Å². The zero-order valence-electron chi connectivity index (χ0n) is 15.1. The number of hydrogen-bond acceptors (Lipinski definition) is 3. The second-order valence-corrected chi connectivity index (χ2v) is 7.13. The molecule has 132 valence electrons. The molecule has 1 amide bonds. The number of nitrogens with zero attached hydrogens (tertiary/aromatic N) is 1. The Hall–Kier alpha value is -2.33. The first-order valence-corrected chi connectivity index (χ1v) is 8.62. The molecule has 0 aromatic heterocycles. The highest BCUT2D eigenvalue weighted by Crippen LogP contribution is 2.30. The zero-order chi connectivity index (χ0) is 17.9. The Morgan fingerprint density at radius 3 is 2.52 bits per heavy atom. The van der Waals surface area contributed by atoms with Crippen LogP contribution in [0, 0.1) is 6.92 Å². The first-order valence-electron chi connectivity index (χ1n) is 8.62. The number of ether oxygens (including phenoxy) is 2. The van der Waals surface area contributed by atoms with Crippen LogP contribution in [0.3, 0.4) is 0 Å². The Balaban J connectivity index is 1.68. The number of benzene rings is 2. The number of morpholine rings is 1. The number of hydrogen-bond donors (Lipinski definition) is 0. The van der Waals surface area contributed by atoms with Gasteiger partial charge in [0.1, 0.15) is 11.9 Å². The van der Waals surface area contributed by atoms with E-state index in [4.69, 9.17) is 9.47 Å². The van der Waals surface area contributed by atoms with Gasteiger partial charge in [0.25, 0.3) is 5.91 Å². The standard InChI is InChI=1S/C21H25NO3/c1-16-9-11-17(12-10-16)19-13-22(21(2,3)15-25-19)20(23)14-24-18-7-5-4-6-8-18/h4-12,19H,13-15H2,1-3H3. The summed E-state index contributed by atoms with van der Waals surface area (Å²) >= 11 is 0. The Morgan fingerprint density at radius 2 is 1.84 bits per heavy atom. The van der Waals surface area contributed by atoms with Gasteiger partial charge in [-0.2, -0.15) is 0 Å². The van der Waals surface area contributed by atoms with Gasteiger partial charge >= 0.3 is 0 Å². The Morgan fingerprint density at radius 1 is 1.16 bits per heavy atom. The van der Waals surface area contributed by atoms with Gasteiger partial charge in [0.05, 0.1) is 18.7 Å². The molecule has 4 nitrogen and oxygen atoms in total. The lowest BCUT2D eigenvalue weighted by atomic mass is 9.97. The molecule has 0 spiro atoms. The number of carbonyl (C=O) groups excluding carboxylic acids is 1. The van der Waals surface area contributed by atoms with Crippen molar-refractivity contribution in [2.75, 3.05) is 19.8 Å². The molecular weight excluding hydrogens is 314 g/mol. The highest BCUT2D eigenvalue weighted by atomic mass is 16.5. The van der Waals surface area contributed by atoms with Crippen LogP contribution in [0.4, 0.5) is 0 Å². The van der Waals surface area contributed by atoms with Gasteiger partial charge in [-0.25, -0.2) is 0 Å². The fourth-order valence-electron chi connectivity index (χ4n) is 3.01. The molecule has 25 heavy (non-hydrogen) atoms. The second-order valence-electron chi connectivity index (χ2n) is 7.13. The number of amides is 1. The molecule has 0 saturated carbocycles. The maximum Gasteiger partial charge on any atom is 0.261 e. The van der Waals surface area contributed by atoms with Gasteiger partial charge in [-0.15, -0.1) is 0 Å². The van der Waals surface area contributed by atoms with Crippen molar-refractivity contribution in [3.05, 3.63) is 65.7 Å². The number of para-hydroxylation sites is 1. The molecule has 0 N–H and O–H groups in total. The summed E-state index contributed by atoms with van der Waals surface area (Å²) in [5, 5.41) is 0. The van der Waals surface area contributed by atoms with Gasteiger partial charge in [-0.1, -0.05) is 48.0 Å². The summed E-state index contributed by atoms with van der Waals surface area (Å²) in [5.41, 5.74) is 1.96. The summed E-state index contributed by atoms with van der Waals surface area (Å²) in [7, 11) is 0. The lowest BCUT2D eigenvalue weighted by Crippen LogP contribution is -2.57. The molecule has 0 bridgehead atoms. The van der Waals surface area contributed by atoms with E-state index in [2.05, 4.69) is 31.2 Å². The Bertz CT molecular complexity index is 710. The van der Waals surface area contributed by atoms with Gasteiger partial charge in [0.15, 0.2) is 6.61 Å². The third-order valence-electron chi connectivity index (χ3n) is 4.57. The lowest BCUT2D eigenvalue weighted by molar-refractivity contribution is -0.156. The normalized spacial score (nSPS) is 19.5. The molecule has 0 aliphatic carbocycles. The molecule has 1 aliphatic heterocycles. The average molecular weight is 339 g/mol. The zero-order valence-corrected chi connectivity index (χ0v) is 15.1. The van der Waals surface area contributed by atoms with Crippen molar-refractivity contribution >= 4 is 5.91 Å². The number of rotatable bonds is 4. The molecule has 1 fully saturated rings. The van der Waals surface area contributed by atoms with Crippen molar-refractivity contribution in [3.63, 3.8) is 0 Å². The predicted octanol–water partition coefficient (Wildman–Crippen LogP) is 3.75. The molecule has 1 saturated heterocycles. The average Bonchev–Trinajstić information content (AvgIpc) is 2.61. The Labute approximate surface area is 149 Å². The first kappa shape index (κ1) is 17.5. The van der Waals surface area contributed by atoms with E-state index in [1.54, 1.807) is 0 Å². The molecule has 4 heteroatoms. The van der Waals surface area contributed by atoms with Crippen molar-refractivity contribution in [1.29, 1.82) is 0 Å². The van der Waals surface area contributed by atoms with Crippen molar-refractivity contribution in [2.24, 2.45) is 0 Å². The first-order chi connectivity index (χ1) is 12.0. The summed E-state index contributed by atoms with van der Waals surface area (Å²) < 4.78 is 11.7. The minimum absolute atomic E-state index is 0.0192. The fraction of sp³-hybridized carbons (Fsp3) is 0.381. The largest absolute Gasteiger partial charge is 0.484 e. The topological polar surface area (TPSA) is 38.8 Å². The van der Waals surface area contributed by atoms with Gasteiger partial charge in [-0.3, -0.25) is 4.79 Å². The van der Waals surface area contributed by atoms with E-state index in [9.17, 15) is 4.79 Å². The molecule has 1 heterocycles. The van der Waals surface area contributed by atoms with Crippen LogP contribution < -0.4 is 4.74 Å². The van der Waals surface area contributed by atoms with E-state index >= 15 is 0 Å². The molecule has 1 aliphatic rings. The summed E-state index contributed by atoms with van der Waals surface area (Å²) in [6.45, 7) is 7.19. The molecule has 0 radical (unpaired) electrons. The summed E-state index contributed by atoms with van der Waals surface area (Å²) in [6, 6.07) is 17.7. The predicted molar refractivity (Wildman–Crippen MR) is 97.6 cm³/mol. The van der Waals surface area contributed by atoms with E-state index < -0.39 is 0 Å². The number of aryl methyl sites for hydroxylation is 1. The lowest BCUT2D eigenvalue weighted by Gasteiger charge is -2.45. The minimum Gasteiger partial charge on any atom is -0.484 e. The molecule has 2 aromatic carbocycles. The van der Waals surface area contributed by atoms with Crippen LogP contribution in [0.2, 0.25) is 0 Å². The third kappa shape index (κ3) is 4.20. The smallest absolute Gasteiger partial charge is 0.261 e. The van der Waals surface area contributed by atoms with Crippen LogP contribution >= 0.6 is 0 Å². The van der Waals surface area contributed by atoms with Crippen LogP contribution in [-0.4, -0.2) is 36.1 Å². The van der Waals surface area contributed by atoms with Crippen molar-refractivity contribution < 1.29 is 14.3 Å². The quantitative estimate of drug-likeness (QED) is 0.851. The van der Waals surface area contributed by atoms with Crippen LogP contribution in [0.5, 0.6) is 5.75 Å². The monoisotopic (exact) mass is 339 g/mol. The van der Waals surface area contributed by atoms with E-state index in [0.717, 1.165) is 5.56 Å². The molecule has 2 aromatic rings. The second kappa shape index (κ2) is 7.28.